The highest BCUT2D eigenvalue weighted by Crippen LogP contribution is 2.28. The van der Waals surface area contributed by atoms with Gasteiger partial charge < -0.3 is 4.74 Å². The second-order valence-electron chi connectivity index (χ2n) is 6.01. The second-order valence-corrected chi connectivity index (χ2v) is 6.01. The minimum atomic E-state index is -0.0926. The van der Waals surface area contributed by atoms with Crippen LogP contribution in [-0.2, 0) is 9.53 Å². The van der Waals surface area contributed by atoms with Gasteiger partial charge in [-0.2, -0.15) is 0 Å². The topological polar surface area (TPSA) is 29.5 Å². The number of rotatable bonds is 5. The summed E-state index contributed by atoms with van der Waals surface area (Å²) in [6, 6.07) is 20.6. The maximum Gasteiger partial charge on any atom is 0.135 e. The molecule has 3 rings (SSSR count). The number of carbonyl (C=O) groups excluding carboxylic acids is 1. The van der Waals surface area contributed by atoms with Gasteiger partial charge in [0, 0.05) is 25.9 Å². The lowest BCUT2D eigenvalue weighted by Crippen LogP contribution is -2.42. The number of nitrogens with zero attached hydrogens (tertiary/aromatic N) is 1. The van der Waals surface area contributed by atoms with E-state index in [2.05, 4.69) is 36.1 Å². The fraction of sp³-hybridized carbons (Fsp3) is 0.350. The molecule has 1 saturated heterocycles. The van der Waals surface area contributed by atoms with Crippen molar-refractivity contribution in [2.75, 3.05) is 13.1 Å². The normalized spacial score (nSPS) is 17.4. The lowest BCUT2D eigenvalue weighted by Gasteiger charge is -2.34. The number of carbonyl (C=O) groups is 1. The average Bonchev–Trinajstić information content (AvgIpc) is 2.61. The summed E-state index contributed by atoms with van der Waals surface area (Å²) in [5.41, 5.74) is 2.30. The van der Waals surface area contributed by atoms with Crippen LogP contribution in [0.15, 0.2) is 60.7 Å². The van der Waals surface area contributed by atoms with Crippen molar-refractivity contribution in [1.82, 2.24) is 4.90 Å². The van der Waals surface area contributed by atoms with Crippen LogP contribution in [0.5, 0.6) is 0 Å². The molecule has 0 aliphatic carbocycles. The van der Waals surface area contributed by atoms with Crippen molar-refractivity contribution in [3.63, 3.8) is 0 Å². The standard InChI is InChI=1S/C20H23NO2/c1-16(21-14-12-19(22)13-15-21)23-20(17-8-4-2-5-9-17)18-10-6-3-7-11-18/h2-11,16,20H,12-15H2,1H3. The zero-order valence-corrected chi connectivity index (χ0v) is 13.5. The molecule has 0 saturated carbocycles. The lowest BCUT2D eigenvalue weighted by molar-refractivity contribution is -0.127. The van der Waals surface area contributed by atoms with Crippen molar-refractivity contribution >= 4 is 5.78 Å². The molecule has 0 amide bonds. The summed E-state index contributed by atoms with van der Waals surface area (Å²) in [5, 5.41) is 0. The van der Waals surface area contributed by atoms with Crippen molar-refractivity contribution in [2.24, 2.45) is 0 Å². The van der Waals surface area contributed by atoms with E-state index >= 15 is 0 Å². The van der Waals surface area contributed by atoms with Crippen molar-refractivity contribution in [3.05, 3.63) is 71.8 Å². The molecule has 2 aromatic rings. The van der Waals surface area contributed by atoms with Gasteiger partial charge in [-0.15, -0.1) is 0 Å². The number of hydrogen-bond acceptors (Lipinski definition) is 3. The lowest BCUT2D eigenvalue weighted by atomic mass is 10.0. The van der Waals surface area contributed by atoms with E-state index in [0.29, 0.717) is 18.6 Å². The molecule has 0 aromatic heterocycles. The predicted octanol–water partition coefficient (Wildman–Crippen LogP) is 3.80. The molecule has 2 aromatic carbocycles. The minimum absolute atomic E-state index is 0.0199. The summed E-state index contributed by atoms with van der Waals surface area (Å²) >= 11 is 0. The van der Waals surface area contributed by atoms with Crippen LogP contribution in [0.25, 0.3) is 0 Å². The summed E-state index contributed by atoms with van der Waals surface area (Å²) in [6.07, 6.45) is 1.16. The number of ketones is 1. The Balaban J connectivity index is 1.78. The van der Waals surface area contributed by atoms with Crippen LogP contribution >= 0.6 is 0 Å². The molecule has 0 radical (unpaired) electrons. The van der Waals surface area contributed by atoms with Crippen LogP contribution in [0.3, 0.4) is 0 Å². The first-order valence-corrected chi connectivity index (χ1v) is 8.25. The Morgan fingerprint density at radius 2 is 1.35 bits per heavy atom. The Hall–Kier alpha value is -1.97. The van der Waals surface area contributed by atoms with Gasteiger partial charge in [0.15, 0.2) is 0 Å². The predicted molar refractivity (Wildman–Crippen MR) is 91.1 cm³/mol. The van der Waals surface area contributed by atoms with Crippen LogP contribution in [0.4, 0.5) is 0 Å². The molecule has 0 N–H and O–H groups in total. The summed E-state index contributed by atoms with van der Waals surface area (Å²) in [5.74, 6) is 0.358. The fourth-order valence-corrected chi connectivity index (χ4v) is 3.03. The highest BCUT2D eigenvalue weighted by molar-refractivity contribution is 5.79. The first-order chi connectivity index (χ1) is 11.2. The molecule has 1 atom stereocenters. The molecule has 1 aliphatic rings. The molecule has 1 fully saturated rings. The third kappa shape index (κ3) is 4.06. The SMILES string of the molecule is CC(OC(c1ccccc1)c1ccccc1)N1CCC(=O)CC1. The van der Waals surface area contributed by atoms with Gasteiger partial charge in [-0.25, -0.2) is 0 Å². The van der Waals surface area contributed by atoms with Crippen LogP contribution in [-0.4, -0.2) is 30.0 Å². The molecule has 1 aliphatic heterocycles. The van der Waals surface area contributed by atoms with Gasteiger partial charge in [-0.1, -0.05) is 60.7 Å². The van der Waals surface area contributed by atoms with Crippen LogP contribution in [0.1, 0.15) is 37.0 Å². The van der Waals surface area contributed by atoms with E-state index in [9.17, 15) is 4.79 Å². The van der Waals surface area contributed by atoms with E-state index in [1.54, 1.807) is 0 Å². The average molecular weight is 309 g/mol. The van der Waals surface area contributed by atoms with Gasteiger partial charge in [-0.05, 0) is 18.1 Å². The Morgan fingerprint density at radius 1 is 0.870 bits per heavy atom. The minimum Gasteiger partial charge on any atom is -0.351 e. The van der Waals surface area contributed by atoms with E-state index in [4.69, 9.17) is 4.74 Å². The molecule has 1 heterocycles. The van der Waals surface area contributed by atoms with E-state index in [0.717, 1.165) is 24.2 Å². The highest BCUT2D eigenvalue weighted by Gasteiger charge is 2.25. The van der Waals surface area contributed by atoms with Crippen LogP contribution < -0.4 is 0 Å². The molecule has 1 unspecified atom stereocenters. The summed E-state index contributed by atoms with van der Waals surface area (Å²) < 4.78 is 6.41. The molecular weight excluding hydrogens is 286 g/mol. The van der Waals surface area contributed by atoms with Crippen molar-refractivity contribution < 1.29 is 9.53 Å². The number of piperidine rings is 1. The largest absolute Gasteiger partial charge is 0.351 e. The van der Waals surface area contributed by atoms with Gasteiger partial charge >= 0.3 is 0 Å². The third-order valence-electron chi connectivity index (χ3n) is 4.41. The van der Waals surface area contributed by atoms with E-state index in [-0.39, 0.29) is 12.3 Å². The van der Waals surface area contributed by atoms with Crippen LogP contribution in [0, 0.1) is 0 Å². The zero-order chi connectivity index (χ0) is 16.1. The number of Topliss-reactive ketones (excluding diaryl/α,β-unsaturated/α-hetero) is 1. The Labute approximate surface area is 137 Å². The summed E-state index contributed by atoms with van der Waals surface area (Å²) in [4.78, 5) is 13.7. The van der Waals surface area contributed by atoms with E-state index in [1.165, 1.54) is 0 Å². The smallest absolute Gasteiger partial charge is 0.135 e. The molecule has 120 valence electrons. The molecule has 0 spiro atoms. The zero-order valence-electron chi connectivity index (χ0n) is 13.5. The Kier molecular flexibility index (Phi) is 5.21. The van der Waals surface area contributed by atoms with E-state index in [1.807, 2.05) is 36.4 Å². The van der Waals surface area contributed by atoms with Crippen molar-refractivity contribution in [2.45, 2.75) is 32.1 Å². The van der Waals surface area contributed by atoms with Crippen molar-refractivity contribution in [3.8, 4) is 0 Å². The number of likely N-dealkylation sites (tertiary alicyclic amines) is 1. The fourth-order valence-electron chi connectivity index (χ4n) is 3.03. The molecule has 23 heavy (non-hydrogen) atoms. The first kappa shape index (κ1) is 15.9. The quantitative estimate of drug-likeness (QED) is 0.841. The molecular formula is C20H23NO2. The summed E-state index contributed by atoms with van der Waals surface area (Å²) in [7, 11) is 0. The second kappa shape index (κ2) is 7.53. The first-order valence-electron chi connectivity index (χ1n) is 8.25. The maximum atomic E-state index is 11.4. The van der Waals surface area contributed by atoms with Crippen LogP contribution in [0.2, 0.25) is 0 Å². The van der Waals surface area contributed by atoms with Gasteiger partial charge in [0.25, 0.3) is 0 Å². The monoisotopic (exact) mass is 309 g/mol. The number of hydrogen-bond donors (Lipinski definition) is 0. The van der Waals surface area contributed by atoms with Crippen molar-refractivity contribution in [1.29, 1.82) is 0 Å². The molecule has 3 nitrogen and oxygen atoms in total. The third-order valence-corrected chi connectivity index (χ3v) is 4.41. The van der Waals surface area contributed by atoms with Gasteiger partial charge in [0.05, 0.1) is 0 Å². The van der Waals surface area contributed by atoms with Gasteiger partial charge in [-0.3, -0.25) is 9.69 Å². The number of ether oxygens (including phenoxy) is 1. The molecule has 0 bridgehead atoms. The summed E-state index contributed by atoms with van der Waals surface area (Å²) in [6.45, 7) is 3.65. The Morgan fingerprint density at radius 3 is 1.83 bits per heavy atom. The van der Waals surface area contributed by atoms with Gasteiger partial charge in [0.2, 0.25) is 0 Å². The maximum absolute atomic E-state index is 11.4. The van der Waals surface area contributed by atoms with E-state index < -0.39 is 0 Å². The Bertz CT molecular complexity index is 577. The highest BCUT2D eigenvalue weighted by atomic mass is 16.5. The molecule has 3 heteroatoms. The van der Waals surface area contributed by atoms with Gasteiger partial charge in [0.1, 0.15) is 18.1 Å². The number of benzene rings is 2.